The van der Waals surface area contributed by atoms with E-state index < -0.39 is 5.41 Å². The first kappa shape index (κ1) is 22.9. The van der Waals surface area contributed by atoms with Crippen molar-refractivity contribution in [3.63, 3.8) is 0 Å². The van der Waals surface area contributed by atoms with Gasteiger partial charge in [-0.25, -0.2) is 0 Å². The second-order valence-electron chi connectivity index (χ2n) is 8.88. The van der Waals surface area contributed by atoms with Gasteiger partial charge in [-0.2, -0.15) is 0 Å². The maximum atomic E-state index is 3.26. The van der Waals surface area contributed by atoms with E-state index >= 15 is 0 Å². The van der Waals surface area contributed by atoms with Crippen molar-refractivity contribution in [1.29, 1.82) is 0 Å². The van der Waals surface area contributed by atoms with Gasteiger partial charge in [-0.05, 0) is 72.2 Å². The molecule has 32 heavy (non-hydrogen) atoms. The maximum Gasteiger partial charge on any atom is 0.0623 e. The van der Waals surface area contributed by atoms with Crippen LogP contribution in [-0.4, -0.2) is 0 Å². The normalized spacial score (nSPS) is 12.1. The summed E-state index contributed by atoms with van der Waals surface area (Å²) < 4.78 is 0. The molecule has 2 unspecified atom stereocenters. The fourth-order valence-electron chi connectivity index (χ4n) is 5.32. The van der Waals surface area contributed by atoms with Gasteiger partial charge >= 0.3 is 0 Å². The molecule has 2 heteroatoms. The van der Waals surface area contributed by atoms with Crippen molar-refractivity contribution >= 4 is 18.5 Å². The fraction of sp³-hybridized carbons (Fsp3) is 0.200. The molecule has 0 aliphatic carbocycles. The van der Waals surface area contributed by atoms with E-state index in [-0.39, 0.29) is 4.90 Å². The third-order valence-electron chi connectivity index (χ3n) is 6.86. The molecule has 4 aromatic rings. The van der Waals surface area contributed by atoms with Crippen molar-refractivity contribution in [2.24, 2.45) is 0 Å². The molecule has 0 aliphatic rings. The molecule has 0 nitrogen and oxygen atoms in total. The van der Waals surface area contributed by atoms with Crippen LogP contribution in [0.3, 0.4) is 0 Å². The van der Waals surface area contributed by atoms with Crippen molar-refractivity contribution in [2.75, 3.05) is 0 Å². The highest BCUT2D eigenvalue weighted by Crippen LogP contribution is 2.62. The molecule has 2 atom stereocenters. The molecule has 4 aromatic carbocycles. The molecular weight excluding hydrogens is 422 g/mol. The maximum absolute atomic E-state index is 3.26. The molecule has 4 rings (SSSR count). The van der Waals surface area contributed by atoms with Gasteiger partial charge in [0.05, 0.1) is 5.41 Å². The van der Waals surface area contributed by atoms with Crippen LogP contribution in [0, 0.1) is 27.7 Å². The van der Waals surface area contributed by atoms with Crippen LogP contribution in [0.4, 0.5) is 0 Å². The summed E-state index contributed by atoms with van der Waals surface area (Å²) in [6, 6.07) is 35.4. The van der Waals surface area contributed by atoms with Gasteiger partial charge in [0.1, 0.15) is 0 Å². The molecule has 0 amide bonds. The lowest BCUT2D eigenvalue weighted by Gasteiger charge is -2.51. The Morgan fingerprint density at radius 3 is 0.938 bits per heavy atom. The quantitative estimate of drug-likeness (QED) is 0.213. The first-order valence-electron chi connectivity index (χ1n) is 11.1. The zero-order chi connectivity index (χ0) is 22.9. The van der Waals surface area contributed by atoms with Gasteiger partial charge in [0.25, 0.3) is 0 Å². The third-order valence-corrected chi connectivity index (χ3v) is 8.35. The Bertz CT molecular complexity index is 1140. The standard InChI is InChI=1S/C30H32P2/c1-21-13-5-9-17-25(21)29(26-18-10-6-14-22(26)2,27-19-11-7-15-23(27)3)30(31,32)28-20-12-8-16-24(28)4/h5-20H,31-32H2,1-4H3. The SMILES string of the molecule is Cc1ccccc1C(P)(P)C(c1ccccc1C)(c1ccccc1C)c1ccccc1C. The molecule has 0 heterocycles. The average Bonchev–Trinajstić information content (AvgIpc) is 2.77. The topological polar surface area (TPSA) is 0 Å². The summed E-state index contributed by atoms with van der Waals surface area (Å²) in [6.07, 6.45) is 0. The van der Waals surface area contributed by atoms with Crippen LogP contribution in [0.2, 0.25) is 0 Å². The fourth-order valence-corrected chi connectivity index (χ4v) is 6.90. The van der Waals surface area contributed by atoms with Crippen molar-refractivity contribution in [3.05, 3.63) is 142 Å². The Balaban J connectivity index is 2.27. The Kier molecular flexibility index (Phi) is 6.40. The number of hydrogen-bond donors (Lipinski definition) is 0. The molecular formula is C30H32P2. The van der Waals surface area contributed by atoms with Gasteiger partial charge in [0.15, 0.2) is 0 Å². The summed E-state index contributed by atoms with van der Waals surface area (Å²) in [5, 5.41) is 0. The van der Waals surface area contributed by atoms with Gasteiger partial charge in [0, 0.05) is 4.90 Å². The molecule has 0 saturated carbocycles. The summed E-state index contributed by atoms with van der Waals surface area (Å²) in [5.41, 5.74) is 10.0. The lowest BCUT2D eigenvalue weighted by molar-refractivity contribution is 0.549. The Morgan fingerprint density at radius 2 is 0.656 bits per heavy atom. The third kappa shape index (κ3) is 3.55. The summed E-state index contributed by atoms with van der Waals surface area (Å²) in [5.74, 6) is 0. The Labute approximate surface area is 197 Å². The molecule has 162 valence electrons. The monoisotopic (exact) mass is 454 g/mol. The summed E-state index contributed by atoms with van der Waals surface area (Å²) in [6.45, 7) is 8.94. The lowest BCUT2D eigenvalue weighted by Crippen LogP contribution is -2.45. The van der Waals surface area contributed by atoms with Crippen LogP contribution in [0.15, 0.2) is 97.1 Å². The summed E-state index contributed by atoms with van der Waals surface area (Å²) in [7, 11) is 6.52. The van der Waals surface area contributed by atoms with E-state index in [0.29, 0.717) is 0 Å². The highest BCUT2D eigenvalue weighted by atomic mass is 31.1. The second-order valence-corrected chi connectivity index (χ2v) is 11.4. The van der Waals surface area contributed by atoms with Gasteiger partial charge < -0.3 is 0 Å². The minimum absolute atomic E-state index is 0.386. The van der Waals surface area contributed by atoms with Crippen molar-refractivity contribution in [2.45, 2.75) is 38.0 Å². The van der Waals surface area contributed by atoms with Gasteiger partial charge in [-0.3, -0.25) is 0 Å². The van der Waals surface area contributed by atoms with Crippen LogP contribution in [0.5, 0.6) is 0 Å². The molecule has 0 aliphatic heterocycles. The van der Waals surface area contributed by atoms with Crippen LogP contribution in [0.25, 0.3) is 0 Å². The molecule has 0 bridgehead atoms. The number of hydrogen-bond acceptors (Lipinski definition) is 0. The van der Waals surface area contributed by atoms with Crippen molar-refractivity contribution in [1.82, 2.24) is 0 Å². The lowest BCUT2D eigenvalue weighted by atomic mass is 9.62. The predicted molar refractivity (Wildman–Crippen MR) is 146 cm³/mol. The Hall–Kier alpha value is -2.26. The van der Waals surface area contributed by atoms with E-state index in [4.69, 9.17) is 0 Å². The van der Waals surface area contributed by atoms with Gasteiger partial charge in [-0.1, -0.05) is 97.1 Å². The minimum Gasteiger partial charge on any atom is -0.121 e. The summed E-state index contributed by atoms with van der Waals surface area (Å²) >= 11 is 0. The summed E-state index contributed by atoms with van der Waals surface area (Å²) in [4.78, 5) is -0.386. The molecule has 0 spiro atoms. The van der Waals surface area contributed by atoms with E-state index in [0.717, 1.165) is 0 Å². The van der Waals surface area contributed by atoms with Crippen molar-refractivity contribution < 1.29 is 0 Å². The second kappa shape index (κ2) is 8.94. The van der Waals surface area contributed by atoms with Crippen LogP contribution < -0.4 is 0 Å². The first-order valence-corrected chi connectivity index (χ1v) is 12.3. The van der Waals surface area contributed by atoms with Crippen LogP contribution in [-0.2, 0) is 10.3 Å². The van der Waals surface area contributed by atoms with E-state index in [1.807, 2.05) is 0 Å². The Morgan fingerprint density at radius 1 is 0.406 bits per heavy atom. The molecule has 0 radical (unpaired) electrons. The van der Waals surface area contributed by atoms with E-state index in [1.165, 1.54) is 44.5 Å². The zero-order valence-electron chi connectivity index (χ0n) is 19.4. The number of benzene rings is 4. The van der Waals surface area contributed by atoms with Crippen molar-refractivity contribution in [3.8, 4) is 0 Å². The van der Waals surface area contributed by atoms with E-state index in [2.05, 4.69) is 143 Å². The van der Waals surface area contributed by atoms with Crippen LogP contribution in [0.1, 0.15) is 44.5 Å². The van der Waals surface area contributed by atoms with E-state index in [1.54, 1.807) is 0 Å². The molecule has 0 fully saturated rings. The predicted octanol–water partition coefficient (Wildman–Crippen LogP) is 7.86. The van der Waals surface area contributed by atoms with E-state index in [9.17, 15) is 0 Å². The molecule has 0 saturated heterocycles. The number of aryl methyl sites for hydroxylation is 4. The smallest absolute Gasteiger partial charge is 0.0623 e. The van der Waals surface area contributed by atoms with Gasteiger partial charge in [-0.15, -0.1) is 18.5 Å². The number of rotatable bonds is 5. The average molecular weight is 455 g/mol. The van der Waals surface area contributed by atoms with Crippen LogP contribution >= 0.6 is 18.5 Å². The zero-order valence-corrected chi connectivity index (χ0v) is 21.7. The highest BCUT2D eigenvalue weighted by Gasteiger charge is 2.52. The first-order chi connectivity index (χ1) is 15.3. The van der Waals surface area contributed by atoms with Gasteiger partial charge in [0.2, 0.25) is 0 Å². The minimum atomic E-state index is -0.434. The highest BCUT2D eigenvalue weighted by molar-refractivity contribution is 7.39. The molecule has 0 N–H and O–H groups in total. The molecule has 0 aromatic heterocycles. The largest absolute Gasteiger partial charge is 0.121 e.